The average molecular weight is 100 g/mol. The molecule has 0 aliphatic rings. The van der Waals surface area contributed by atoms with Crippen molar-refractivity contribution < 1.29 is 18.6 Å². The molecule has 0 fully saturated rings. The molecule has 0 aliphatic heterocycles. The molecule has 0 radical (unpaired) electrons. The van der Waals surface area contributed by atoms with Crippen molar-refractivity contribution in [2.24, 2.45) is 0 Å². The van der Waals surface area contributed by atoms with Crippen LogP contribution in [0.25, 0.3) is 0 Å². The van der Waals surface area contributed by atoms with E-state index in [2.05, 4.69) is 0 Å². The Morgan fingerprint density at radius 1 is 1.33 bits per heavy atom. The highest BCUT2D eigenvalue weighted by Crippen LogP contribution is 1.93. The quantitative estimate of drug-likeness (QED) is 0.432. The van der Waals surface area contributed by atoms with Crippen molar-refractivity contribution in [2.45, 2.75) is 0 Å². The Hall–Kier alpha value is -0.510. The van der Waals surface area contributed by atoms with Gasteiger partial charge in [0.1, 0.15) is 0 Å². The third kappa shape index (κ3) is 9.75. The molecule has 0 atom stereocenters. The molecule has 38 valence electrons. The van der Waals surface area contributed by atoms with Gasteiger partial charge in [0.2, 0.25) is 0 Å². The summed E-state index contributed by atoms with van der Waals surface area (Å²) in [6.07, 6.45) is -3.04. The summed E-state index contributed by atoms with van der Waals surface area (Å²) in [6.45, 7) is 0. The lowest BCUT2D eigenvalue weighted by molar-refractivity contribution is 0.400. The summed E-state index contributed by atoms with van der Waals surface area (Å²) in [6, 6.07) is 0. The van der Waals surface area contributed by atoms with Gasteiger partial charge in [-0.25, -0.2) is 4.39 Å². The van der Waals surface area contributed by atoms with Gasteiger partial charge in [-0.2, -0.15) is 8.78 Å². The number of halogens is 3. The van der Waals surface area contributed by atoms with Gasteiger partial charge in [0, 0.05) is 0 Å². The topological polar surface area (TPSA) is 31.5 Å². The van der Waals surface area contributed by atoms with Crippen LogP contribution in [0.15, 0.2) is 12.4 Å². The summed E-state index contributed by atoms with van der Waals surface area (Å²) in [5.41, 5.74) is 0. The van der Waals surface area contributed by atoms with Gasteiger partial charge < -0.3 is 5.48 Å². The van der Waals surface area contributed by atoms with Gasteiger partial charge in [0.05, 0.1) is 0 Å². The van der Waals surface area contributed by atoms with E-state index >= 15 is 0 Å². The Bertz CT molecular complexity index is 46.8. The maximum Gasteiger partial charge on any atom is 0.298 e. The van der Waals surface area contributed by atoms with E-state index in [4.69, 9.17) is 0 Å². The first-order valence-electron chi connectivity index (χ1n) is 0.885. The Kier molecular flexibility index (Phi) is 6.80. The molecule has 0 bridgehead atoms. The SMILES string of the molecule is FC=C(F)F.O. The Morgan fingerprint density at radius 2 is 1.50 bits per heavy atom. The van der Waals surface area contributed by atoms with Crippen molar-refractivity contribution in [3.8, 4) is 0 Å². The molecule has 0 aromatic carbocycles. The molecule has 2 N–H and O–H groups in total. The first-order valence-corrected chi connectivity index (χ1v) is 0.885. The number of hydrogen-bond donors (Lipinski definition) is 0. The van der Waals surface area contributed by atoms with E-state index in [0.717, 1.165) is 0 Å². The normalized spacial score (nSPS) is 5.83. The molecule has 0 heterocycles. The fourth-order valence-corrected chi connectivity index (χ4v) is 0. The van der Waals surface area contributed by atoms with E-state index in [1.807, 2.05) is 0 Å². The van der Waals surface area contributed by atoms with Gasteiger partial charge in [-0.3, -0.25) is 0 Å². The van der Waals surface area contributed by atoms with E-state index in [0.29, 0.717) is 0 Å². The zero-order valence-corrected chi connectivity index (χ0v) is 2.71. The molecule has 0 aliphatic carbocycles. The first kappa shape index (κ1) is 9.09. The van der Waals surface area contributed by atoms with Crippen molar-refractivity contribution in [3.05, 3.63) is 12.4 Å². The molecular formula is C2H3F3O. The van der Waals surface area contributed by atoms with Gasteiger partial charge in [0.25, 0.3) is 6.08 Å². The molecule has 1 nitrogen and oxygen atoms in total. The van der Waals surface area contributed by atoms with Crippen LogP contribution in [0.1, 0.15) is 0 Å². The highest BCUT2D eigenvalue weighted by Gasteiger charge is 1.78. The molecule has 0 aromatic rings. The van der Waals surface area contributed by atoms with Crippen LogP contribution < -0.4 is 0 Å². The minimum Gasteiger partial charge on any atom is -0.412 e. The van der Waals surface area contributed by atoms with Crippen LogP contribution in [0.3, 0.4) is 0 Å². The summed E-state index contributed by atoms with van der Waals surface area (Å²) in [5.74, 6) is 0. The van der Waals surface area contributed by atoms with Crippen molar-refractivity contribution in [2.75, 3.05) is 0 Å². The zero-order valence-electron chi connectivity index (χ0n) is 2.71. The van der Waals surface area contributed by atoms with E-state index < -0.39 is 12.4 Å². The predicted octanol–water partition coefficient (Wildman–Crippen LogP) is 0.869. The summed E-state index contributed by atoms with van der Waals surface area (Å²) < 4.78 is 30.7. The van der Waals surface area contributed by atoms with E-state index in [1.165, 1.54) is 0 Å². The van der Waals surface area contributed by atoms with Gasteiger partial charge in [-0.15, -0.1) is 0 Å². The minimum absolute atomic E-state index is 0. The summed E-state index contributed by atoms with van der Waals surface area (Å²) in [5, 5.41) is 0. The fraction of sp³-hybridized carbons (Fsp3) is 0. The Labute approximate surface area is 32.4 Å². The van der Waals surface area contributed by atoms with Crippen LogP contribution in [0.4, 0.5) is 13.2 Å². The summed E-state index contributed by atoms with van der Waals surface area (Å²) >= 11 is 0. The maximum atomic E-state index is 10.2. The molecule has 0 rings (SSSR count). The molecule has 0 amide bonds. The monoisotopic (exact) mass is 100 g/mol. The molecule has 0 saturated heterocycles. The van der Waals surface area contributed by atoms with Gasteiger partial charge in [-0.05, 0) is 0 Å². The van der Waals surface area contributed by atoms with Crippen molar-refractivity contribution in [3.63, 3.8) is 0 Å². The van der Waals surface area contributed by atoms with E-state index in [1.54, 1.807) is 0 Å². The Morgan fingerprint density at radius 3 is 1.50 bits per heavy atom. The second kappa shape index (κ2) is 4.49. The highest BCUT2D eigenvalue weighted by molar-refractivity contribution is 4.66. The smallest absolute Gasteiger partial charge is 0.298 e. The third-order valence-electron chi connectivity index (χ3n) is 0.0825. The Balaban J connectivity index is 0. The molecule has 0 spiro atoms. The highest BCUT2D eigenvalue weighted by atomic mass is 19.3. The van der Waals surface area contributed by atoms with Crippen molar-refractivity contribution >= 4 is 0 Å². The molecule has 0 saturated carbocycles. The largest absolute Gasteiger partial charge is 0.412 e. The fourth-order valence-electron chi connectivity index (χ4n) is 0. The zero-order chi connectivity index (χ0) is 4.28. The van der Waals surface area contributed by atoms with Crippen molar-refractivity contribution in [1.82, 2.24) is 0 Å². The van der Waals surface area contributed by atoms with Crippen LogP contribution in [0.5, 0.6) is 0 Å². The van der Waals surface area contributed by atoms with E-state index in [9.17, 15) is 13.2 Å². The van der Waals surface area contributed by atoms with Crippen LogP contribution >= 0.6 is 0 Å². The summed E-state index contributed by atoms with van der Waals surface area (Å²) in [4.78, 5) is 0. The second-order valence-electron chi connectivity index (χ2n) is 0.399. The first-order chi connectivity index (χ1) is 2.27. The van der Waals surface area contributed by atoms with Crippen LogP contribution in [0, 0.1) is 0 Å². The molecule has 0 aromatic heterocycles. The standard InChI is InChI=1S/C2HF3.H2O/c3-1-2(4)5;/h1H;1H2. The number of hydrogen-bond acceptors (Lipinski definition) is 0. The van der Waals surface area contributed by atoms with Crippen molar-refractivity contribution in [1.29, 1.82) is 0 Å². The lowest BCUT2D eigenvalue weighted by Crippen LogP contribution is -1.42. The van der Waals surface area contributed by atoms with E-state index in [-0.39, 0.29) is 5.48 Å². The maximum absolute atomic E-state index is 10.2. The van der Waals surface area contributed by atoms with Crippen LogP contribution in [-0.4, -0.2) is 5.48 Å². The van der Waals surface area contributed by atoms with Crippen LogP contribution in [0.2, 0.25) is 0 Å². The second-order valence-corrected chi connectivity index (χ2v) is 0.399. The van der Waals surface area contributed by atoms with Gasteiger partial charge in [0.15, 0.2) is 6.33 Å². The molecule has 0 unspecified atom stereocenters. The van der Waals surface area contributed by atoms with Crippen LogP contribution in [-0.2, 0) is 0 Å². The van der Waals surface area contributed by atoms with Gasteiger partial charge in [-0.1, -0.05) is 0 Å². The number of rotatable bonds is 0. The molecule has 6 heavy (non-hydrogen) atoms. The minimum atomic E-state index is -2.29. The lowest BCUT2D eigenvalue weighted by atomic mass is 11.1. The predicted molar refractivity (Wildman–Crippen MR) is 15.0 cm³/mol. The lowest BCUT2D eigenvalue weighted by Gasteiger charge is -1.59. The molecular weight excluding hydrogens is 97.0 g/mol. The molecule has 4 heteroatoms. The van der Waals surface area contributed by atoms with Gasteiger partial charge >= 0.3 is 0 Å². The summed E-state index contributed by atoms with van der Waals surface area (Å²) in [7, 11) is 0. The average Bonchev–Trinajstić information content (AvgIpc) is 1.38. The third-order valence-corrected chi connectivity index (χ3v) is 0.0825.